The van der Waals surface area contributed by atoms with Crippen molar-refractivity contribution in [3.63, 3.8) is 0 Å². The van der Waals surface area contributed by atoms with Gasteiger partial charge >= 0.3 is 0 Å². The maximum absolute atomic E-state index is 13.5. The summed E-state index contributed by atoms with van der Waals surface area (Å²) in [6.07, 6.45) is 1.43. The molecule has 126 valence electrons. The van der Waals surface area contributed by atoms with Crippen LogP contribution in [0, 0.1) is 18.7 Å². The van der Waals surface area contributed by atoms with Crippen LogP contribution in [-0.4, -0.2) is 34.3 Å². The number of likely N-dealkylation sites (tertiary alicyclic amines) is 1. The van der Waals surface area contributed by atoms with Crippen LogP contribution in [0.5, 0.6) is 0 Å². The Morgan fingerprint density at radius 1 is 1.29 bits per heavy atom. The predicted octanol–water partition coefficient (Wildman–Crippen LogP) is 2.41. The number of hydrogen-bond acceptors (Lipinski definition) is 3. The molecule has 0 aliphatic carbocycles. The van der Waals surface area contributed by atoms with Crippen LogP contribution in [-0.2, 0) is 4.79 Å². The number of primary amides is 1. The lowest BCUT2D eigenvalue weighted by atomic mass is 9.92. The molecule has 5 nitrogen and oxygen atoms in total. The molecule has 0 bridgehead atoms. The van der Waals surface area contributed by atoms with Gasteiger partial charge in [-0.05, 0) is 44.9 Å². The Kier molecular flexibility index (Phi) is 4.22. The number of aryl methyl sites for hydroxylation is 1. The number of nitrogens with zero attached hydrogens (tertiary/aromatic N) is 2. The van der Waals surface area contributed by atoms with Gasteiger partial charge in [0.05, 0.1) is 17.0 Å². The average Bonchev–Trinajstić information content (AvgIpc) is 2.53. The van der Waals surface area contributed by atoms with Gasteiger partial charge in [-0.3, -0.25) is 14.6 Å². The average molecular weight is 329 g/mol. The van der Waals surface area contributed by atoms with Crippen LogP contribution in [0.4, 0.5) is 4.39 Å². The molecule has 0 unspecified atom stereocenters. The van der Waals surface area contributed by atoms with Crippen molar-refractivity contribution < 1.29 is 14.0 Å². The van der Waals surface area contributed by atoms with Crippen LogP contribution < -0.4 is 5.73 Å². The highest BCUT2D eigenvalue weighted by atomic mass is 19.1. The van der Waals surface area contributed by atoms with Gasteiger partial charge in [-0.2, -0.15) is 0 Å². The summed E-state index contributed by atoms with van der Waals surface area (Å²) < 4.78 is 13.5. The summed E-state index contributed by atoms with van der Waals surface area (Å²) in [6.45, 7) is 4.05. The number of nitrogens with two attached hydrogens (primary N) is 1. The van der Waals surface area contributed by atoms with Gasteiger partial charge in [0.2, 0.25) is 5.91 Å². The number of carbonyl (C=O) groups excluding carboxylic acids is 2. The largest absolute Gasteiger partial charge is 0.369 e. The van der Waals surface area contributed by atoms with Gasteiger partial charge in [-0.15, -0.1) is 0 Å². The van der Waals surface area contributed by atoms with E-state index in [2.05, 4.69) is 4.98 Å². The molecule has 24 heavy (non-hydrogen) atoms. The normalized spacial score (nSPS) is 21.0. The van der Waals surface area contributed by atoms with Crippen LogP contribution in [0.25, 0.3) is 10.9 Å². The highest BCUT2D eigenvalue weighted by molar-refractivity contribution is 6.06. The van der Waals surface area contributed by atoms with E-state index in [4.69, 9.17) is 5.73 Å². The zero-order valence-corrected chi connectivity index (χ0v) is 13.8. The van der Waals surface area contributed by atoms with E-state index in [1.54, 1.807) is 24.0 Å². The molecular formula is C18H20FN3O2. The van der Waals surface area contributed by atoms with Crippen LogP contribution in [0.15, 0.2) is 24.3 Å². The molecule has 3 rings (SSSR count). The van der Waals surface area contributed by atoms with E-state index in [9.17, 15) is 14.0 Å². The molecule has 2 atom stereocenters. The smallest absolute Gasteiger partial charge is 0.254 e. The topological polar surface area (TPSA) is 76.3 Å². The summed E-state index contributed by atoms with van der Waals surface area (Å²) >= 11 is 0. The quantitative estimate of drug-likeness (QED) is 0.919. The fourth-order valence-electron chi connectivity index (χ4n) is 3.29. The van der Waals surface area contributed by atoms with Gasteiger partial charge in [0, 0.05) is 29.7 Å². The molecule has 2 aromatic rings. The lowest BCUT2D eigenvalue weighted by Gasteiger charge is -2.37. The third-order valence-electron chi connectivity index (χ3n) is 4.68. The summed E-state index contributed by atoms with van der Waals surface area (Å²) in [5.74, 6) is -1.26. The number of carbonyl (C=O) groups is 2. The van der Waals surface area contributed by atoms with E-state index in [1.165, 1.54) is 12.1 Å². The molecule has 2 heterocycles. The van der Waals surface area contributed by atoms with E-state index in [0.717, 1.165) is 6.42 Å². The van der Waals surface area contributed by atoms with Gasteiger partial charge in [-0.1, -0.05) is 0 Å². The first kappa shape index (κ1) is 16.4. The molecule has 0 radical (unpaired) electrons. The molecule has 1 aliphatic heterocycles. The minimum Gasteiger partial charge on any atom is -0.369 e. The number of hydrogen-bond donors (Lipinski definition) is 1. The summed E-state index contributed by atoms with van der Waals surface area (Å²) in [4.78, 5) is 30.6. The van der Waals surface area contributed by atoms with Crippen molar-refractivity contribution in [3.8, 4) is 0 Å². The summed E-state index contributed by atoms with van der Waals surface area (Å²) in [5.41, 5.74) is 7.00. The maximum atomic E-state index is 13.5. The molecule has 2 N–H and O–H groups in total. The molecule has 1 aromatic heterocycles. The van der Waals surface area contributed by atoms with Crippen LogP contribution in [0.1, 0.15) is 35.8 Å². The van der Waals surface area contributed by atoms with Crippen LogP contribution in [0.2, 0.25) is 0 Å². The minimum absolute atomic E-state index is 0.0251. The minimum atomic E-state index is -0.390. The molecule has 0 spiro atoms. The number of piperidine rings is 1. The Labute approximate surface area is 139 Å². The van der Waals surface area contributed by atoms with E-state index in [-0.39, 0.29) is 29.6 Å². The van der Waals surface area contributed by atoms with Crippen molar-refractivity contribution >= 4 is 22.7 Å². The zero-order valence-electron chi connectivity index (χ0n) is 13.8. The molecule has 1 fully saturated rings. The van der Waals surface area contributed by atoms with Crippen molar-refractivity contribution in [1.82, 2.24) is 9.88 Å². The Balaban J connectivity index is 2.03. The second-order valence-corrected chi connectivity index (χ2v) is 6.46. The lowest BCUT2D eigenvalue weighted by Crippen LogP contribution is -2.48. The number of aromatic nitrogens is 1. The first-order valence-electron chi connectivity index (χ1n) is 8.04. The van der Waals surface area contributed by atoms with Gasteiger partial charge in [-0.25, -0.2) is 4.39 Å². The van der Waals surface area contributed by atoms with Gasteiger partial charge in [0.25, 0.3) is 5.91 Å². The molecule has 1 saturated heterocycles. The van der Waals surface area contributed by atoms with Gasteiger partial charge < -0.3 is 10.6 Å². The summed E-state index contributed by atoms with van der Waals surface area (Å²) in [5, 5.41) is 0.611. The highest BCUT2D eigenvalue weighted by Gasteiger charge is 2.32. The number of benzene rings is 1. The third kappa shape index (κ3) is 2.96. The predicted molar refractivity (Wildman–Crippen MR) is 88.9 cm³/mol. The maximum Gasteiger partial charge on any atom is 0.254 e. The molecule has 6 heteroatoms. The molecule has 0 saturated carbocycles. The Bertz CT molecular complexity index is 816. The van der Waals surface area contributed by atoms with Crippen LogP contribution >= 0.6 is 0 Å². The second-order valence-electron chi connectivity index (χ2n) is 6.46. The van der Waals surface area contributed by atoms with Gasteiger partial charge in [0.15, 0.2) is 0 Å². The Morgan fingerprint density at radius 2 is 2.04 bits per heavy atom. The number of rotatable bonds is 2. The molecule has 1 aromatic carbocycles. The SMILES string of the molecule is Cc1cc(C(=O)N2C[C@H](C(N)=O)CC[C@@H]2C)c2ccc(F)cc2n1. The summed E-state index contributed by atoms with van der Waals surface area (Å²) in [7, 11) is 0. The van der Waals surface area contributed by atoms with E-state index >= 15 is 0 Å². The van der Waals surface area contributed by atoms with Crippen LogP contribution in [0.3, 0.4) is 0 Å². The third-order valence-corrected chi connectivity index (χ3v) is 4.68. The standard InChI is InChI=1S/C18H20FN3O2/c1-10-7-15(14-6-5-13(19)8-16(14)21-10)18(24)22-9-12(17(20)23)4-3-11(22)2/h5-8,11-12H,3-4,9H2,1-2H3,(H2,20,23)/t11-,12+/m0/s1. The van der Waals surface area contributed by atoms with E-state index in [1.807, 2.05) is 6.92 Å². The van der Waals surface area contributed by atoms with Crippen molar-refractivity contribution in [2.75, 3.05) is 6.54 Å². The first-order chi connectivity index (χ1) is 11.4. The molecular weight excluding hydrogens is 309 g/mol. The lowest BCUT2D eigenvalue weighted by molar-refractivity contribution is -0.123. The van der Waals surface area contributed by atoms with E-state index in [0.29, 0.717) is 35.1 Å². The summed E-state index contributed by atoms with van der Waals surface area (Å²) in [6, 6.07) is 5.96. The van der Waals surface area contributed by atoms with Crippen molar-refractivity contribution in [3.05, 3.63) is 41.3 Å². The fraction of sp³-hybridized carbons (Fsp3) is 0.389. The number of fused-ring (bicyclic) bond motifs is 1. The zero-order chi connectivity index (χ0) is 17.4. The molecule has 1 aliphatic rings. The van der Waals surface area contributed by atoms with Gasteiger partial charge in [0.1, 0.15) is 5.82 Å². The Hall–Kier alpha value is -2.50. The van der Waals surface area contributed by atoms with Crippen molar-refractivity contribution in [2.45, 2.75) is 32.7 Å². The van der Waals surface area contributed by atoms with Crippen molar-refractivity contribution in [1.29, 1.82) is 0 Å². The first-order valence-corrected chi connectivity index (χ1v) is 8.04. The number of halogens is 1. The Morgan fingerprint density at radius 3 is 2.75 bits per heavy atom. The molecule has 2 amide bonds. The van der Waals surface area contributed by atoms with Crippen molar-refractivity contribution in [2.24, 2.45) is 11.7 Å². The number of pyridine rings is 1. The monoisotopic (exact) mass is 329 g/mol. The number of amides is 2. The fourth-order valence-corrected chi connectivity index (χ4v) is 3.29. The highest BCUT2D eigenvalue weighted by Crippen LogP contribution is 2.27. The van der Waals surface area contributed by atoms with E-state index < -0.39 is 0 Å². The second kappa shape index (κ2) is 6.19.